The molecule has 2 heterocycles. The van der Waals surface area contributed by atoms with Crippen LogP contribution in [0.5, 0.6) is 0 Å². The monoisotopic (exact) mass is 211 g/mol. The summed E-state index contributed by atoms with van der Waals surface area (Å²) >= 11 is 0. The Hall–Kier alpha value is -0.610. The quantitative estimate of drug-likeness (QED) is 0.680. The molecule has 2 aliphatic rings. The highest BCUT2D eigenvalue weighted by molar-refractivity contribution is 5.78. The van der Waals surface area contributed by atoms with E-state index in [2.05, 4.69) is 17.3 Å². The normalized spacial score (nSPS) is 36.3. The van der Waals surface area contributed by atoms with Gasteiger partial charge in [0.25, 0.3) is 0 Å². The van der Waals surface area contributed by atoms with Crippen molar-refractivity contribution in [2.75, 3.05) is 13.6 Å². The van der Waals surface area contributed by atoms with Gasteiger partial charge in [0.2, 0.25) is 5.91 Å². The summed E-state index contributed by atoms with van der Waals surface area (Å²) in [5.74, 6) is -0.0115. The molecule has 2 fully saturated rings. The van der Waals surface area contributed by atoms with Crippen LogP contribution in [0.2, 0.25) is 0 Å². The molecule has 0 aliphatic carbocycles. The molecule has 0 aromatic rings. The first kappa shape index (κ1) is 10.9. The summed E-state index contributed by atoms with van der Waals surface area (Å²) in [6.45, 7) is 0.113. The highest BCUT2D eigenvalue weighted by Gasteiger charge is 2.36. The summed E-state index contributed by atoms with van der Waals surface area (Å²) in [6.07, 6.45) is 6.10. The van der Waals surface area contributed by atoms with Gasteiger partial charge in [-0.2, -0.15) is 0 Å². The number of hydrogen-bond donors (Lipinski definition) is 2. The van der Waals surface area contributed by atoms with Crippen molar-refractivity contribution in [3.05, 3.63) is 0 Å². The zero-order valence-electron chi connectivity index (χ0n) is 9.41. The van der Waals surface area contributed by atoms with Crippen molar-refractivity contribution in [1.82, 2.24) is 10.2 Å². The van der Waals surface area contributed by atoms with Gasteiger partial charge in [0.05, 0.1) is 6.54 Å². The average molecular weight is 211 g/mol. The van der Waals surface area contributed by atoms with Crippen LogP contribution in [-0.4, -0.2) is 42.5 Å². The van der Waals surface area contributed by atoms with Crippen molar-refractivity contribution < 1.29 is 4.79 Å². The molecule has 4 nitrogen and oxygen atoms in total. The van der Waals surface area contributed by atoms with Gasteiger partial charge in [0.1, 0.15) is 0 Å². The Morgan fingerprint density at radius 3 is 2.53 bits per heavy atom. The minimum Gasteiger partial charge on any atom is -0.352 e. The molecular formula is C11H21N3O. The summed E-state index contributed by atoms with van der Waals surface area (Å²) in [5, 5.41) is 3.03. The third kappa shape index (κ3) is 2.32. The van der Waals surface area contributed by atoms with Gasteiger partial charge in [-0.25, -0.2) is 0 Å². The van der Waals surface area contributed by atoms with Gasteiger partial charge in [-0.1, -0.05) is 6.42 Å². The molecule has 0 spiro atoms. The van der Waals surface area contributed by atoms with E-state index in [-0.39, 0.29) is 12.5 Å². The number of nitrogens with one attached hydrogen (secondary N) is 1. The summed E-state index contributed by atoms with van der Waals surface area (Å²) < 4.78 is 0. The van der Waals surface area contributed by atoms with Crippen molar-refractivity contribution in [3.8, 4) is 0 Å². The van der Waals surface area contributed by atoms with Crippen molar-refractivity contribution in [2.45, 2.75) is 50.2 Å². The largest absolute Gasteiger partial charge is 0.352 e. The lowest BCUT2D eigenvalue weighted by Crippen LogP contribution is -2.55. The van der Waals surface area contributed by atoms with Gasteiger partial charge >= 0.3 is 0 Å². The Morgan fingerprint density at radius 1 is 1.40 bits per heavy atom. The number of hydrogen-bond acceptors (Lipinski definition) is 3. The molecule has 3 N–H and O–H groups in total. The van der Waals surface area contributed by atoms with E-state index in [0.29, 0.717) is 18.1 Å². The predicted molar refractivity (Wildman–Crippen MR) is 59.4 cm³/mol. The van der Waals surface area contributed by atoms with Crippen molar-refractivity contribution in [1.29, 1.82) is 0 Å². The maximum atomic E-state index is 11.2. The topological polar surface area (TPSA) is 58.4 Å². The van der Waals surface area contributed by atoms with E-state index in [1.165, 1.54) is 19.3 Å². The second kappa shape index (κ2) is 4.49. The van der Waals surface area contributed by atoms with Crippen molar-refractivity contribution in [2.24, 2.45) is 5.73 Å². The number of carbonyl (C=O) groups excluding carboxylic acids is 1. The van der Waals surface area contributed by atoms with E-state index in [1.807, 2.05) is 0 Å². The zero-order valence-corrected chi connectivity index (χ0v) is 9.41. The summed E-state index contributed by atoms with van der Waals surface area (Å²) in [6, 6.07) is 1.69. The zero-order chi connectivity index (χ0) is 10.8. The Balaban J connectivity index is 1.92. The second-order valence-electron chi connectivity index (χ2n) is 4.84. The molecule has 4 heteroatoms. The van der Waals surface area contributed by atoms with Gasteiger partial charge in [0, 0.05) is 18.1 Å². The molecule has 0 radical (unpaired) electrons. The van der Waals surface area contributed by atoms with Crippen molar-refractivity contribution in [3.63, 3.8) is 0 Å². The first-order valence-corrected chi connectivity index (χ1v) is 5.92. The molecule has 2 unspecified atom stereocenters. The van der Waals surface area contributed by atoms with Crippen LogP contribution in [0.3, 0.4) is 0 Å². The Labute approximate surface area is 91.2 Å². The van der Waals surface area contributed by atoms with Crippen molar-refractivity contribution >= 4 is 5.91 Å². The maximum Gasteiger partial charge on any atom is 0.233 e. The standard InChI is InChI=1S/C11H21N3O/c1-14-9-3-2-4-10(14)6-8(5-9)13-11(15)7-12/h8-10H,2-7,12H2,1H3,(H,13,15). The lowest BCUT2D eigenvalue weighted by molar-refractivity contribution is -0.121. The number of amides is 1. The third-order valence-corrected chi connectivity index (χ3v) is 3.89. The summed E-state index contributed by atoms with van der Waals surface area (Å²) in [4.78, 5) is 13.7. The Kier molecular flexibility index (Phi) is 3.26. The van der Waals surface area contributed by atoms with Gasteiger partial charge in [-0.05, 0) is 32.7 Å². The van der Waals surface area contributed by atoms with Crippen LogP contribution in [0.25, 0.3) is 0 Å². The summed E-state index contributed by atoms with van der Waals surface area (Å²) in [7, 11) is 2.22. The number of rotatable bonds is 2. The Bertz CT molecular complexity index is 230. The van der Waals surface area contributed by atoms with Crippen LogP contribution >= 0.6 is 0 Å². The molecule has 2 rings (SSSR count). The fourth-order valence-corrected chi connectivity index (χ4v) is 3.02. The minimum absolute atomic E-state index is 0.0115. The third-order valence-electron chi connectivity index (χ3n) is 3.89. The lowest BCUT2D eigenvalue weighted by Gasteiger charge is -2.47. The molecule has 0 aromatic heterocycles. The van der Waals surface area contributed by atoms with Gasteiger partial charge < -0.3 is 16.0 Å². The highest BCUT2D eigenvalue weighted by atomic mass is 16.1. The maximum absolute atomic E-state index is 11.2. The number of carbonyl (C=O) groups is 1. The number of fused-ring (bicyclic) bond motifs is 2. The average Bonchev–Trinajstić information content (AvgIpc) is 2.19. The lowest BCUT2D eigenvalue weighted by atomic mass is 9.82. The molecule has 2 saturated heterocycles. The fraction of sp³-hybridized carbons (Fsp3) is 0.909. The first-order valence-electron chi connectivity index (χ1n) is 5.92. The van der Waals surface area contributed by atoms with Gasteiger partial charge in [-0.15, -0.1) is 0 Å². The SMILES string of the molecule is CN1C2CCCC1CC(NC(=O)CN)C2. The van der Waals surface area contributed by atoms with E-state index in [9.17, 15) is 4.79 Å². The molecule has 1 amide bonds. The van der Waals surface area contributed by atoms with E-state index in [0.717, 1.165) is 12.8 Å². The minimum atomic E-state index is -0.0115. The van der Waals surface area contributed by atoms with Gasteiger partial charge in [0.15, 0.2) is 0 Å². The number of piperidine rings is 2. The first-order chi connectivity index (χ1) is 7.20. The van der Waals surface area contributed by atoms with E-state index in [1.54, 1.807) is 0 Å². The molecule has 0 aromatic carbocycles. The van der Waals surface area contributed by atoms with Crippen LogP contribution in [0.1, 0.15) is 32.1 Å². The van der Waals surface area contributed by atoms with E-state index >= 15 is 0 Å². The van der Waals surface area contributed by atoms with Gasteiger partial charge in [-0.3, -0.25) is 4.79 Å². The molecule has 15 heavy (non-hydrogen) atoms. The van der Waals surface area contributed by atoms with E-state index in [4.69, 9.17) is 5.73 Å². The number of nitrogens with two attached hydrogens (primary N) is 1. The molecule has 0 saturated carbocycles. The molecule has 86 valence electrons. The van der Waals surface area contributed by atoms with Crippen LogP contribution in [0.4, 0.5) is 0 Å². The van der Waals surface area contributed by atoms with Crippen LogP contribution in [0, 0.1) is 0 Å². The number of nitrogens with zero attached hydrogens (tertiary/aromatic N) is 1. The second-order valence-corrected chi connectivity index (χ2v) is 4.84. The fourth-order valence-electron chi connectivity index (χ4n) is 3.02. The molecule has 2 bridgehead atoms. The van der Waals surface area contributed by atoms with Crippen LogP contribution in [0.15, 0.2) is 0 Å². The summed E-state index contributed by atoms with van der Waals surface area (Å²) in [5.41, 5.74) is 5.31. The Morgan fingerprint density at radius 2 is 2.00 bits per heavy atom. The molecule has 2 atom stereocenters. The predicted octanol–water partition coefficient (Wildman–Crippen LogP) is 0.0766. The smallest absolute Gasteiger partial charge is 0.233 e. The molecular weight excluding hydrogens is 190 g/mol. The van der Waals surface area contributed by atoms with Crippen LogP contribution in [-0.2, 0) is 4.79 Å². The molecule has 2 aliphatic heterocycles. The van der Waals surface area contributed by atoms with E-state index < -0.39 is 0 Å². The highest BCUT2D eigenvalue weighted by Crippen LogP contribution is 2.32. The van der Waals surface area contributed by atoms with Crippen LogP contribution < -0.4 is 11.1 Å².